The summed E-state index contributed by atoms with van der Waals surface area (Å²) in [6, 6.07) is 5.18. The number of nitrogens with one attached hydrogen (secondary N) is 1. The van der Waals surface area contributed by atoms with E-state index in [2.05, 4.69) is 4.98 Å². The van der Waals surface area contributed by atoms with Crippen LogP contribution < -0.4 is 0 Å². The van der Waals surface area contributed by atoms with Crippen LogP contribution in [-0.4, -0.2) is 15.7 Å². The van der Waals surface area contributed by atoms with E-state index in [4.69, 9.17) is 12.2 Å². The van der Waals surface area contributed by atoms with Gasteiger partial charge in [0.25, 0.3) is 0 Å². The van der Waals surface area contributed by atoms with Crippen molar-refractivity contribution in [1.29, 1.82) is 0 Å². The van der Waals surface area contributed by atoms with Crippen LogP contribution >= 0.6 is 12.2 Å². The molecule has 2 nitrogen and oxygen atoms in total. The lowest BCUT2D eigenvalue weighted by Crippen LogP contribution is -2.17. The second kappa shape index (κ2) is 3.62. The van der Waals surface area contributed by atoms with E-state index in [1.807, 2.05) is 6.92 Å². The molecule has 1 heterocycles. The maximum Gasteiger partial charge on any atom is 0.406 e. The average molecular weight is 246 g/mol. The van der Waals surface area contributed by atoms with Crippen LogP contribution in [0.5, 0.6) is 0 Å². The number of H-pyrrole nitrogens is 1. The normalized spacial score (nSPS) is 12.2. The largest absolute Gasteiger partial charge is 0.406 e. The predicted octanol–water partition coefficient (Wildman–Crippen LogP) is 3.57. The standard InChI is InChI=1S/C10H9F3N2S/c1-6-2-3-8-7(4-6)14-9(16)15(8)5-10(11,12)13/h2-4H,5H2,1H3,(H,14,16). The SMILES string of the molecule is Cc1ccc2c(c1)[nH]c(=S)n2CC(F)(F)F. The number of nitrogens with zero attached hydrogens (tertiary/aromatic N) is 1. The molecule has 0 saturated heterocycles. The average Bonchev–Trinajstić information content (AvgIpc) is 2.40. The van der Waals surface area contributed by atoms with E-state index in [0.717, 1.165) is 10.1 Å². The maximum atomic E-state index is 12.3. The number of rotatable bonds is 1. The molecule has 2 aromatic rings. The van der Waals surface area contributed by atoms with Crippen molar-refractivity contribution in [2.45, 2.75) is 19.6 Å². The Morgan fingerprint density at radius 3 is 2.69 bits per heavy atom. The quantitative estimate of drug-likeness (QED) is 0.763. The third-order valence-electron chi connectivity index (χ3n) is 2.27. The van der Waals surface area contributed by atoms with Crippen LogP contribution in [0.15, 0.2) is 18.2 Å². The molecule has 0 atom stereocenters. The molecular weight excluding hydrogens is 237 g/mol. The van der Waals surface area contributed by atoms with Crippen molar-refractivity contribution in [2.24, 2.45) is 0 Å². The van der Waals surface area contributed by atoms with Gasteiger partial charge in [-0.05, 0) is 36.8 Å². The molecule has 0 bridgehead atoms. The lowest BCUT2D eigenvalue weighted by atomic mass is 10.2. The first-order valence-corrected chi connectivity index (χ1v) is 5.03. The summed E-state index contributed by atoms with van der Waals surface area (Å²) in [6.07, 6.45) is -4.27. The van der Waals surface area contributed by atoms with Crippen LogP contribution in [0.25, 0.3) is 11.0 Å². The van der Waals surface area contributed by atoms with E-state index in [1.54, 1.807) is 18.2 Å². The number of aromatic nitrogens is 2. The summed E-state index contributed by atoms with van der Waals surface area (Å²) in [5.74, 6) is 0. The molecule has 16 heavy (non-hydrogen) atoms. The molecule has 0 unspecified atom stereocenters. The maximum absolute atomic E-state index is 12.3. The van der Waals surface area contributed by atoms with Gasteiger partial charge in [-0.3, -0.25) is 0 Å². The second-order valence-electron chi connectivity index (χ2n) is 3.65. The highest BCUT2D eigenvalue weighted by Crippen LogP contribution is 2.22. The number of aromatic amines is 1. The summed E-state index contributed by atoms with van der Waals surface area (Å²) in [6.45, 7) is 0.812. The lowest BCUT2D eigenvalue weighted by molar-refractivity contribution is -0.140. The van der Waals surface area contributed by atoms with Crippen molar-refractivity contribution in [3.63, 3.8) is 0 Å². The molecule has 1 aromatic carbocycles. The van der Waals surface area contributed by atoms with Gasteiger partial charge in [-0.1, -0.05) is 6.07 Å². The van der Waals surface area contributed by atoms with Gasteiger partial charge in [0.1, 0.15) is 6.54 Å². The molecule has 0 amide bonds. The Morgan fingerprint density at radius 2 is 2.06 bits per heavy atom. The lowest BCUT2D eigenvalue weighted by Gasteiger charge is -2.08. The fourth-order valence-corrected chi connectivity index (χ4v) is 1.89. The van der Waals surface area contributed by atoms with E-state index in [9.17, 15) is 13.2 Å². The summed E-state index contributed by atoms with van der Waals surface area (Å²) in [5, 5.41) is 0. The highest BCUT2D eigenvalue weighted by atomic mass is 32.1. The minimum absolute atomic E-state index is 0.0953. The number of aryl methyl sites for hydroxylation is 1. The number of imidazole rings is 1. The first kappa shape index (κ1) is 11.2. The first-order valence-electron chi connectivity index (χ1n) is 4.63. The zero-order chi connectivity index (χ0) is 11.9. The molecule has 2 rings (SSSR count). The van der Waals surface area contributed by atoms with Crippen molar-refractivity contribution in [3.8, 4) is 0 Å². The zero-order valence-corrected chi connectivity index (χ0v) is 9.25. The molecule has 0 aliphatic carbocycles. The molecule has 0 aliphatic heterocycles. The monoisotopic (exact) mass is 246 g/mol. The van der Waals surface area contributed by atoms with Crippen molar-refractivity contribution in [1.82, 2.24) is 9.55 Å². The summed E-state index contributed by atoms with van der Waals surface area (Å²) in [7, 11) is 0. The summed E-state index contributed by atoms with van der Waals surface area (Å²) < 4.78 is 38.1. The molecule has 0 radical (unpaired) electrons. The van der Waals surface area contributed by atoms with Gasteiger partial charge in [-0.25, -0.2) is 0 Å². The number of fused-ring (bicyclic) bond motifs is 1. The molecule has 0 fully saturated rings. The Hall–Kier alpha value is -1.30. The van der Waals surface area contributed by atoms with Gasteiger partial charge in [0.05, 0.1) is 11.0 Å². The van der Waals surface area contributed by atoms with Crippen LogP contribution in [0.2, 0.25) is 0 Å². The number of benzene rings is 1. The van der Waals surface area contributed by atoms with E-state index in [1.165, 1.54) is 0 Å². The summed E-state index contributed by atoms with van der Waals surface area (Å²) in [5.41, 5.74) is 2.09. The van der Waals surface area contributed by atoms with Crippen LogP contribution in [0.3, 0.4) is 0 Å². The molecule has 0 saturated carbocycles. The Bertz CT molecular complexity index is 580. The van der Waals surface area contributed by atoms with Gasteiger partial charge in [-0.2, -0.15) is 13.2 Å². The van der Waals surface area contributed by atoms with E-state index in [-0.39, 0.29) is 4.77 Å². The number of alkyl halides is 3. The summed E-state index contributed by atoms with van der Waals surface area (Å²) >= 11 is 4.87. The second-order valence-corrected chi connectivity index (χ2v) is 4.04. The van der Waals surface area contributed by atoms with Gasteiger partial charge in [0.15, 0.2) is 4.77 Å². The van der Waals surface area contributed by atoms with Gasteiger partial charge < -0.3 is 9.55 Å². The van der Waals surface area contributed by atoms with Crippen molar-refractivity contribution in [2.75, 3.05) is 0 Å². The van der Waals surface area contributed by atoms with E-state index >= 15 is 0 Å². The van der Waals surface area contributed by atoms with Crippen LogP contribution in [-0.2, 0) is 6.54 Å². The van der Waals surface area contributed by atoms with Crippen molar-refractivity contribution < 1.29 is 13.2 Å². The Labute approximate surface area is 94.7 Å². The minimum atomic E-state index is -4.27. The van der Waals surface area contributed by atoms with E-state index < -0.39 is 12.7 Å². The topological polar surface area (TPSA) is 20.7 Å². The molecule has 86 valence electrons. The molecule has 1 aromatic heterocycles. The Morgan fingerprint density at radius 1 is 1.38 bits per heavy atom. The number of halogens is 3. The highest BCUT2D eigenvalue weighted by Gasteiger charge is 2.29. The third kappa shape index (κ3) is 2.11. The first-order chi connectivity index (χ1) is 7.37. The number of hydrogen-bond acceptors (Lipinski definition) is 1. The van der Waals surface area contributed by atoms with Gasteiger partial charge in [-0.15, -0.1) is 0 Å². The molecular formula is C10H9F3N2S. The molecule has 1 N–H and O–H groups in total. The Balaban J connectivity index is 2.61. The van der Waals surface area contributed by atoms with Gasteiger partial charge in [0.2, 0.25) is 0 Å². The van der Waals surface area contributed by atoms with Crippen LogP contribution in [0.1, 0.15) is 5.56 Å². The molecule has 6 heteroatoms. The fraction of sp³-hybridized carbons (Fsp3) is 0.300. The minimum Gasteiger partial charge on any atom is -0.331 e. The molecule has 0 aliphatic rings. The van der Waals surface area contributed by atoms with Gasteiger partial charge >= 0.3 is 6.18 Å². The zero-order valence-electron chi connectivity index (χ0n) is 8.43. The summed E-state index contributed by atoms with van der Waals surface area (Å²) in [4.78, 5) is 2.77. The van der Waals surface area contributed by atoms with Gasteiger partial charge in [0, 0.05) is 0 Å². The van der Waals surface area contributed by atoms with E-state index in [0.29, 0.717) is 11.0 Å². The smallest absolute Gasteiger partial charge is 0.331 e. The van der Waals surface area contributed by atoms with Crippen LogP contribution in [0, 0.1) is 11.7 Å². The molecule has 0 spiro atoms. The number of hydrogen-bond donors (Lipinski definition) is 1. The predicted molar refractivity (Wildman–Crippen MR) is 57.9 cm³/mol. The third-order valence-corrected chi connectivity index (χ3v) is 2.59. The van der Waals surface area contributed by atoms with Crippen molar-refractivity contribution >= 4 is 23.3 Å². The highest BCUT2D eigenvalue weighted by molar-refractivity contribution is 7.71. The Kier molecular flexibility index (Phi) is 2.53. The van der Waals surface area contributed by atoms with Crippen molar-refractivity contribution in [3.05, 3.63) is 28.5 Å². The fourth-order valence-electron chi connectivity index (χ4n) is 1.61. The van der Waals surface area contributed by atoms with Crippen LogP contribution in [0.4, 0.5) is 13.2 Å².